The number of anilines is 2. The molecule has 0 unspecified atom stereocenters. The summed E-state index contributed by atoms with van der Waals surface area (Å²) in [6.45, 7) is 2.76. The van der Waals surface area contributed by atoms with Crippen molar-refractivity contribution >= 4 is 33.2 Å². The lowest BCUT2D eigenvalue weighted by Gasteiger charge is -2.34. The second-order valence-electron chi connectivity index (χ2n) is 14.9. The van der Waals surface area contributed by atoms with Crippen molar-refractivity contribution in [2.75, 3.05) is 50.2 Å². The van der Waals surface area contributed by atoms with E-state index in [2.05, 4.69) is 25.7 Å². The van der Waals surface area contributed by atoms with Crippen LogP contribution in [-0.2, 0) is 17.3 Å². The molecule has 3 fully saturated rings. The molecule has 5 aromatic rings. The molecule has 4 aliphatic heterocycles. The second-order valence-corrected chi connectivity index (χ2v) is 14.9. The Labute approximate surface area is 318 Å². The van der Waals surface area contributed by atoms with Gasteiger partial charge in [-0.15, -0.1) is 6.42 Å². The van der Waals surface area contributed by atoms with E-state index in [4.69, 9.17) is 41.3 Å². The summed E-state index contributed by atoms with van der Waals surface area (Å²) in [6.07, 6.45) is 7.06. The van der Waals surface area contributed by atoms with Gasteiger partial charge >= 0.3 is 12.2 Å². The molecule has 11 nitrogen and oxygen atoms in total. The fourth-order valence-electron chi connectivity index (χ4n) is 9.02. The van der Waals surface area contributed by atoms with Gasteiger partial charge in [-0.2, -0.15) is 23.1 Å². The summed E-state index contributed by atoms with van der Waals surface area (Å²) in [4.78, 5) is 26.2. The second kappa shape index (κ2) is 14.0. The molecule has 0 saturated carbocycles. The number of ether oxygens (including phenoxy) is 3. The highest BCUT2D eigenvalue weighted by Gasteiger charge is 2.50. The first-order valence-corrected chi connectivity index (χ1v) is 18.7. The van der Waals surface area contributed by atoms with E-state index in [0.717, 1.165) is 51.0 Å². The molecule has 3 aromatic heterocycles. The molecule has 3 saturated heterocycles. The smallest absolute Gasteiger partial charge is 0.433 e. The quantitative estimate of drug-likeness (QED) is 0.111. The minimum atomic E-state index is -4.61. The number of hydrogen-bond donors (Lipinski definition) is 1. The number of nitrogens with two attached hydrogens (primary N) is 1. The Kier molecular flexibility index (Phi) is 9.04. The van der Waals surface area contributed by atoms with Gasteiger partial charge in [-0.3, -0.25) is 4.90 Å². The van der Waals surface area contributed by atoms with Gasteiger partial charge in [0.1, 0.15) is 42.4 Å². The van der Waals surface area contributed by atoms with Crippen molar-refractivity contribution < 1.29 is 36.2 Å². The highest BCUT2D eigenvalue weighted by Crippen LogP contribution is 2.45. The van der Waals surface area contributed by atoms with E-state index in [-0.39, 0.29) is 59.5 Å². The van der Waals surface area contributed by atoms with Crippen LogP contribution in [-0.4, -0.2) is 87.0 Å². The molecule has 0 bridgehead atoms. The maximum Gasteiger partial charge on any atom is 0.433 e. The Morgan fingerprint density at radius 1 is 1.00 bits per heavy atom. The van der Waals surface area contributed by atoms with Crippen LogP contribution in [0, 0.1) is 24.0 Å². The number of nitrogen functional groups attached to an aromatic ring is 1. The number of terminal acetylenes is 1. The van der Waals surface area contributed by atoms with Crippen LogP contribution < -0.4 is 20.1 Å². The van der Waals surface area contributed by atoms with Crippen LogP contribution in [0.2, 0.25) is 0 Å². The molecule has 2 N–H and O–H groups in total. The van der Waals surface area contributed by atoms with E-state index in [0.29, 0.717) is 66.0 Å². The maximum atomic E-state index is 17.3. The lowest BCUT2D eigenvalue weighted by Crippen LogP contribution is -2.48. The average Bonchev–Trinajstić information content (AvgIpc) is 3.60. The molecule has 7 heterocycles. The highest BCUT2D eigenvalue weighted by molar-refractivity contribution is 6.04. The summed E-state index contributed by atoms with van der Waals surface area (Å²) < 4.78 is 90.3. The van der Waals surface area contributed by atoms with Gasteiger partial charge in [-0.25, -0.2) is 23.7 Å². The first-order chi connectivity index (χ1) is 27.0. The zero-order valence-corrected chi connectivity index (χ0v) is 30.2. The van der Waals surface area contributed by atoms with Crippen LogP contribution in [0.25, 0.3) is 32.9 Å². The summed E-state index contributed by atoms with van der Waals surface area (Å²) in [7, 11) is 0. The molecule has 3 atom stereocenters. The van der Waals surface area contributed by atoms with Crippen molar-refractivity contribution in [3.05, 3.63) is 65.2 Å². The summed E-state index contributed by atoms with van der Waals surface area (Å²) in [5.74, 6) is 1.44. The summed E-state index contributed by atoms with van der Waals surface area (Å²) in [5.41, 5.74) is 5.94. The molecule has 56 heavy (non-hydrogen) atoms. The lowest BCUT2D eigenvalue weighted by molar-refractivity contribution is -0.141. The fourth-order valence-corrected chi connectivity index (χ4v) is 9.02. The van der Waals surface area contributed by atoms with Gasteiger partial charge in [-0.1, -0.05) is 12.0 Å². The van der Waals surface area contributed by atoms with Gasteiger partial charge in [0, 0.05) is 41.9 Å². The first kappa shape index (κ1) is 36.3. The van der Waals surface area contributed by atoms with Gasteiger partial charge in [0.05, 0.1) is 34.8 Å². The van der Waals surface area contributed by atoms with Crippen molar-refractivity contribution in [3.8, 4) is 35.5 Å². The third kappa shape index (κ3) is 6.26. The van der Waals surface area contributed by atoms with Crippen LogP contribution in [0.5, 0.6) is 11.9 Å². The molecule has 16 heteroatoms. The largest absolute Gasteiger partial charge is 0.476 e. The number of aromatic nitrogens is 5. The molecular formula is C40H37F5N8O3. The zero-order chi connectivity index (χ0) is 38.8. The fraction of sp³-hybridized carbons (Fsp3) is 0.425. The summed E-state index contributed by atoms with van der Waals surface area (Å²) >= 11 is 0. The van der Waals surface area contributed by atoms with Gasteiger partial charge in [0.2, 0.25) is 5.88 Å². The number of aryl methyl sites for hydroxylation is 1. The van der Waals surface area contributed by atoms with Crippen LogP contribution in [0.1, 0.15) is 55.5 Å². The Hall–Kier alpha value is -5.40. The van der Waals surface area contributed by atoms with E-state index < -0.39 is 29.0 Å². The van der Waals surface area contributed by atoms with Crippen molar-refractivity contribution in [1.82, 2.24) is 29.8 Å². The molecule has 0 aliphatic carbocycles. The monoisotopic (exact) mass is 772 g/mol. The third-order valence-corrected chi connectivity index (χ3v) is 11.6. The molecule has 9 rings (SSSR count). The first-order valence-electron chi connectivity index (χ1n) is 18.7. The van der Waals surface area contributed by atoms with Crippen LogP contribution in [0.15, 0.2) is 36.7 Å². The maximum absolute atomic E-state index is 17.3. The van der Waals surface area contributed by atoms with Gasteiger partial charge in [0.15, 0.2) is 11.5 Å². The number of alkyl halides is 3. The number of hydrogen-bond acceptors (Lipinski definition) is 11. The van der Waals surface area contributed by atoms with Crippen molar-refractivity contribution in [2.45, 2.75) is 68.7 Å². The number of fused-ring (bicyclic) bond motifs is 4. The van der Waals surface area contributed by atoms with E-state index in [9.17, 15) is 13.2 Å². The van der Waals surface area contributed by atoms with Crippen molar-refractivity contribution in [3.63, 3.8) is 0 Å². The number of benzene rings is 2. The predicted octanol–water partition coefficient (Wildman–Crippen LogP) is 6.49. The van der Waals surface area contributed by atoms with Crippen LogP contribution in [0.4, 0.5) is 33.5 Å². The predicted molar refractivity (Wildman–Crippen MR) is 197 cm³/mol. The lowest BCUT2D eigenvalue weighted by atomic mass is 9.95. The van der Waals surface area contributed by atoms with Crippen molar-refractivity contribution in [2.24, 2.45) is 0 Å². The third-order valence-electron chi connectivity index (χ3n) is 11.6. The number of pyridine rings is 1. The topological polar surface area (TPSA) is 125 Å². The van der Waals surface area contributed by atoms with Crippen LogP contribution >= 0.6 is 0 Å². The van der Waals surface area contributed by atoms with Crippen molar-refractivity contribution in [1.29, 1.82) is 0 Å². The molecule has 0 spiro atoms. The van der Waals surface area contributed by atoms with E-state index in [1.54, 1.807) is 18.2 Å². The molecule has 2 aromatic carbocycles. The Bertz CT molecular complexity index is 2410. The van der Waals surface area contributed by atoms with E-state index >= 15 is 8.78 Å². The van der Waals surface area contributed by atoms with Gasteiger partial charge < -0.3 is 24.8 Å². The SMILES string of the molecule is C#Cc1c(F)ccc2cc(N)cc(-c3nc4c5c(nc(OC[C@@]67CCCN6[C@H](COc6cc(C(F)(F)F)ncn6)CC7)nc5c3F)N3CCCOC[C@@H]3CC4)c12. The normalized spacial score (nSPS) is 22.4. The molecule has 0 radical (unpaired) electrons. The summed E-state index contributed by atoms with van der Waals surface area (Å²) in [6, 6.07) is 6.68. The number of nitrogens with zero attached hydrogens (tertiary/aromatic N) is 7. The molecule has 290 valence electrons. The molecule has 4 aliphatic rings. The van der Waals surface area contributed by atoms with Crippen LogP contribution in [0.3, 0.4) is 0 Å². The minimum absolute atomic E-state index is 0.00491. The Morgan fingerprint density at radius 3 is 2.71 bits per heavy atom. The number of halogens is 5. The molecular weight excluding hydrogens is 735 g/mol. The summed E-state index contributed by atoms with van der Waals surface area (Å²) in [5, 5.41) is 1.35. The minimum Gasteiger partial charge on any atom is -0.476 e. The highest BCUT2D eigenvalue weighted by atomic mass is 19.4. The molecule has 0 amide bonds. The van der Waals surface area contributed by atoms with E-state index in [1.807, 2.05) is 0 Å². The zero-order valence-electron chi connectivity index (χ0n) is 30.2. The van der Waals surface area contributed by atoms with E-state index in [1.165, 1.54) is 6.07 Å². The van der Waals surface area contributed by atoms with Gasteiger partial charge in [0.25, 0.3) is 0 Å². The number of rotatable bonds is 7. The van der Waals surface area contributed by atoms with Gasteiger partial charge in [-0.05, 0) is 75.1 Å². The Balaban J connectivity index is 1.08. The standard InChI is InChI=1S/C40H37F5N8O3/c1-2-26-28(41)7-5-22-15-23(46)16-27(32(22)26)35-34(42)36-33-29(49-35)8-6-24-18-54-14-4-12-52(24)37(33)51-38(50-36)56-20-39-10-3-13-53(39)25(9-11-39)19-55-31-17-30(40(43,44)45)47-21-48-31/h1,5,7,15-17,21,24-25H,3-4,6,8-14,18-20,46H2/t24-,25-,39-/m0/s1. The Morgan fingerprint density at radius 2 is 1.88 bits per heavy atom. The average molecular weight is 773 g/mol.